The first kappa shape index (κ1) is 14.4. The summed E-state index contributed by atoms with van der Waals surface area (Å²) in [5.41, 5.74) is 0. The molecule has 0 aromatic carbocycles. The highest BCUT2D eigenvalue weighted by Gasteiger charge is 2.27. The number of carboxylic acids is 2. The van der Waals surface area contributed by atoms with Gasteiger partial charge in [0.05, 0.1) is 6.61 Å². The van der Waals surface area contributed by atoms with E-state index in [1.807, 2.05) is 0 Å². The number of hydrogen-bond acceptors (Lipinski definition) is 5. The first-order valence-corrected chi connectivity index (χ1v) is 5.58. The van der Waals surface area contributed by atoms with Crippen molar-refractivity contribution in [2.24, 2.45) is 0 Å². The van der Waals surface area contributed by atoms with E-state index >= 15 is 0 Å². The summed E-state index contributed by atoms with van der Waals surface area (Å²) in [5.74, 6) is -2.90. The lowest BCUT2D eigenvalue weighted by atomic mass is 10.1. The molecule has 1 saturated heterocycles. The third-order valence-electron chi connectivity index (χ3n) is 2.48. The van der Waals surface area contributed by atoms with Crippen molar-refractivity contribution < 1.29 is 29.3 Å². The predicted octanol–water partition coefficient (Wildman–Crippen LogP) is -1.59. The van der Waals surface area contributed by atoms with Gasteiger partial charge in [0.25, 0.3) is 5.91 Å². The van der Waals surface area contributed by atoms with E-state index in [4.69, 9.17) is 14.9 Å². The number of amides is 1. The van der Waals surface area contributed by atoms with Crippen LogP contribution in [0.5, 0.6) is 0 Å². The summed E-state index contributed by atoms with van der Waals surface area (Å²) in [6.45, 7) is 1.34. The second-order valence-electron chi connectivity index (χ2n) is 3.90. The van der Waals surface area contributed by atoms with Gasteiger partial charge in [0, 0.05) is 19.5 Å². The first-order valence-electron chi connectivity index (χ1n) is 5.58. The number of aliphatic carboxylic acids is 2. The van der Waals surface area contributed by atoms with Crippen molar-refractivity contribution >= 4 is 17.8 Å². The van der Waals surface area contributed by atoms with Gasteiger partial charge in [0.15, 0.2) is 0 Å². The van der Waals surface area contributed by atoms with Gasteiger partial charge >= 0.3 is 11.9 Å². The minimum absolute atomic E-state index is 0.156. The van der Waals surface area contributed by atoms with Gasteiger partial charge in [-0.25, -0.2) is 4.79 Å². The molecule has 2 unspecified atom stereocenters. The summed E-state index contributed by atoms with van der Waals surface area (Å²) < 4.78 is 5.16. The second kappa shape index (κ2) is 6.92. The molecule has 0 spiro atoms. The maximum atomic E-state index is 11.7. The van der Waals surface area contributed by atoms with E-state index in [0.717, 1.165) is 0 Å². The molecule has 0 radical (unpaired) electrons. The third kappa shape index (κ3) is 4.68. The Hall–Kier alpha value is -1.67. The summed E-state index contributed by atoms with van der Waals surface area (Å²) in [5, 5.41) is 22.6. The highest BCUT2D eigenvalue weighted by molar-refractivity contribution is 5.86. The number of carbonyl (C=O) groups is 3. The van der Waals surface area contributed by atoms with Crippen LogP contribution in [-0.4, -0.2) is 59.9 Å². The third-order valence-corrected chi connectivity index (χ3v) is 2.48. The molecule has 0 aliphatic carbocycles. The zero-order valence-electron chi connectivity index (χ0n) is 9.72. The lowest BCUT2D eigenvalue weighted by Crippen LogP contribution is -2.52. The number of carbonyl (C=O) groups excluding carboxylic acids is 1. The Kier molecular flexibility index (Phi) is 5.53. The molecule has 4 N–H and O–H groups in total. The van der Waals surface area contributed by atoms with Gasteiger partial charge in [-0.15, -0.1) is 0 Å². The minimum Gasteiger partial charge on any atom is -0.481 e. The number of carboxylic acid groups (broad SMARTS) is 2. The average molecular weight is 260 g/mol. The molecule has 1 heterocycles. The Morgan fingerprint density at radius 1 is 1.39 bits per heavy atom. The molecule has 1 amide bonds. The van der Waals surface area contributed by atoms with Crippen LogP contribution < -0.4 is 10.6 Å². The quantitative estimate of drug-likeness (QED) is 0.453. The van der Waals surface area contributed by atoms with E-state index < -0.39 is 30.0 Å². The summed E-state index contributed by atoms with van der Waals surface area (Å²) in [6.07, 6.45) is -1.21. The SMILES string of the molecule is O=C(O)CCC(NC(=O)C1CNCCO1)C(=O)O. The van der Waals surface area contributed by atoms with Crippen LogP contribution in [0.15, 0.2) is 0 Å². The normalized spacial score (nSPS) is 21.0. The maximum absolute atomic E-state index is 11.7. The highest BCUT2D eigenvalue weighted by Crippen LogP contribution is 2.01. The van der Waals surface area contributed by atoms with Crippen LogP contribution in [-0.2, 0) is 19.1 Å². The zero-order chi connectivity index (χ0) is 13.5. The molecule has 8 heteroatoms. The van der Waals surface area contributed by atoms with Crippen LogP contribution in [0.25, 0.3) is 0 Å². The number of hydrogen-bond donors (Lipinski definition) is 4. The predicted molar refractivity (Wildman–Crippen MR) is 59.0 cm³/mol. The van der Waals surface area contributed by atoms with Crippen LogP contribution in [0.1, 0.15) is 12.8 Å². The topological polar surface area (TPSA) is 125 Å². The lowest BCUT2D eigenvalue weighted by molar-refractivity contribution is -0.145. The van der Waals surface area contributed by atoms with Gasteiger partial charge in [0.1, 0.15) is 12.1 Å². The zero-order valence-corrected chi connectivity index (χ0v) is 9.72. The van der Waals surface area contributed by atoms with Crippen LogP contribution in [0.2, 0.25) is 0 Å². The molecule has 2 atom stereocenters. The van der Waals surface area contributed by atoms with E-state index in [-0.39, 0.29) is 12.8 Å². The molecule has 0 saturated carbocycles. The fraction of sp³-hybridized carbons (Fsp3) is 0.700. The maximum Gasteiger partial charge on any atom is 0.326 e. The van der Waals surface area contributed by atoms with Gasteiger partial charge < -0.3 is 25.6 Å². The summed E-state index contributed by atoms with van der Waals surface area (Å²) in [7, 11) is 0. The van der Waals surface area contributed by atoms with Crippen molar-refractivity contribution in [2.45, 2.75) is 25.0 Å². The van der Waals surface area contributed by atoms with Gasteiger partial charge in [-0.2, -0.15) is 0 Å². The van der Waals surface area contributed by atoms with E-state index in [1.165, 1.54) is 0 Å². The fourth-order valence-corrected chi connectivity index (χ4v) is 1.52. The molecule has 102 valence electrons. The standard InChI is InChI=1S/C10H16N2O6/c13-8(14)2-1-6(10(16)17)12-9(15)7-5-11-3-4-18-7/h6-7,11H,1-5H2,(H,12,15)(H,13,14)(H,16,17). The van der Waals surface area contributed by atoms with Gasteiger partial charge in [-0.05, 0) is 6.42 Å². The highest BCUT2D eigenvalue weighted by atomic mass is 16.5. The van der Waals surface area contributed by atoms with Crippen molar-refractivity contribution in [2.75, 3.05) is 19.7 Å². The van der Waals surface area contributed by atoms with Crippen molar-refractivity contribution in [1.82, 2.24) is 10.6 Å². The smallest absolute Gasteiger partial charge is 0.326 e. The van der Waals surface area contributed by atoms with E-state index in [9.17, 15) is 14.4 Å². The number of morpholine rings is 1. The Bertz CT molecular complexity index is 326. The van der Waals surface area contributed by atoms with Crippen LogP contribution in [0.4, 0.5) is 0 Å². The molecule has 1 fully saturated rings. The number of nitrogens with one attached hydrogen (secondary N) is 2. The largest absolute Gasteiger partial charge is 0.481 e. The summed E-state index contributed by atoms with van der Waals surface area (Å²) in [4.78, 5) is 32.9. The molecule has 1 rings (SSSR count). The van der Waals surface area contributed by atoms with Crippen LogP contribution in [0, 0.1) is 0 Å². The Morgan fingerprint density at radius 2 is 2.11 bits per heavy atom. The average Bonchev–Trinajstić information content (AvgIpc) is 2.34. The monoisotopic (exact) mass is 260 g/mol. The first-order chi connectivity index (χ1) is 8.50. The molecule has 18 heavy (non-hydrogen) atoms. The summed E-state index contributed by atoms with van der Waals surface area (Å²) >= 11 is 0. The van der Waals surface area contributed by atoms with Crippen molar-refractivity contribution in [1.29, 1.82) is 0 Å². The van der Waals surface area contributed by atoms with Crippen LogP contribution in [0.3, 0.4) is 0 Å². The Labute approximate surface area is 103 Å². The van der Waals surface area contributed by atoms with E-state index in [1.54, 1.807) is 0 Å². The summed E-state index contributed by atoms with van der Waals surface area (Å²) in [6, 6.07) is -1.21. The van der Waals surface area contributed by atoms with Crippen LogP contribution >= 0.6 is 0 Å². The number of rotatable bonds is 6. The van der Waals surface area contributed by atoms with E-state index in [2.05, 4.69) is 10.6 Å². The molecule has 0 aromatic rings. The van der Waals surface area contributed by atoms with Crippen molar-refractivity contribution in [3.8, 4) is 0 Å². The second-order valence-corrected chi connectivity index (χ2v) is 3.90. The fourth-order valence-electron chi connectivity index (χ4n) is 1.52. The molecule has 0 bridgehead atoms. The Morgan fingerprint density at radius 3 is 2.61 bits per heavy atom. The van der Waals surface area contributed by atoms with Gasteiger partial charge in [0.2, 0.25) is 0 Å². The lowest BCUT2D eigenvalue weighted by Gasteiger charge is -2.24. The van der Waals surface area contributed by atoms with Crippen molar-refractivity contribution in [3.05, 3.63) is 0 Å². The van der Waals surface area contributed by atoms with E-state index in [0.29, 0.717) is 19.7 Å². The minimum atomic E-state index is -1.26. The van der Waals surface area contributed by atoms with Gasteiger partial charge in [-0.3, -0.25) is 9.59 Å². The number of ether oxygens (including phenoxy) is 1. The molecule has 0 aromatic heterocycles. The molecule has 1 aliphatic rings. The Balaban J connectivity index is 2.46. The molecule has 8 nitrogen and oxygen atoms in total. The molecule has 1 aliphatic heterocycles. The van der Waals surface area contributed by atoms with Gasteiger partial charge in [-0.1, -0.05) is 0 Å². The molecular weight excluding hydrogens is 244 g/mol. The molecular formula is C10H16N2O6. The van der Waals surface area contributed by atoms with Crippen molar-refractivity contribution in [3.63, 3.8) is 0 Å².